The lowest BCUT2D eigenvalue weighted by Gasteiger charge is -2.08. The molecular formula is C22H18N2O2S. The van der Waals surface area contributed by atoms with Gasteiger partial charge in [0.1, 0.15) is 5.01 Å². The van der Waals surface area contributed by atoms with Crippen LogP contribution in [0, 0.1) is 6.92 Å². The molecule has 3 aromatic carbocycles. The number of fused-ring (bicyclic) bond motifs is 2. The molecule has 0 fully saturated rings. The second-order valence-electron chi connectivity index (χ2n) is 6.61. The molecule has 5 heteroatoms. The van der Waals surface area contributed by atoms with Crippen LogP contribution in [0.2, 0.25) is 0 Å². The van der Waals surface area contributed by atoms with Crippen molar-refractivity contribution in [3.63, 3.8) is 0 Å². The molecule has 4 aromatic rings. The van der Waals surface area contributed by atoms with Gasteiger partial charge in [-0.2, -0.15) is 0 Å². The topological polar surface area (TPSA) is 43.4 Å². The molecule has 5 rings (SSSR count). The Kier molecular flexibility index (Phi) is 3.94. The molecule has 2 heterocycles. The van der Waals surface area contributed by atoms with Gasteiger partial charge >= 0.3 is 0 Å². The number of aromatic nitrogens is 1. The Morgan fingerprint density at radius 2 is 1.81 bits per heavy atom. The molecule has 0 bridgehead atoms. The Hall–Kier alpha value is -3.05. The van der Waals surface area contributed by atoms with Crippen LogP contribution in [-0.4, -0.2) is 11.8 Å². The highest BCUT2D eigenvalue weighted by molar-refractivity contribution is 7.21. The Bertz CT molecular complexity index is 1120. The molecular weight excluding hydrogens is 356 g/mol. The van der Waals surface area contributed by atoms with Gasteiger partial charge in [-0.05, 0) is 66.6 Å². The van der Waals surface area contributed by atoms with Gasteiger partial charge in [0, 0.05) is 17.8 Å². The predicted molar refractivity (Wildman–Crippen MR) is 110 cm³/mol. The first-order valence-electron chi connectivity index (χ1n) is 8.85. The van der Waals surface area contributed by atoms with E-state index in [0.717, 1.165) is 45.4 Å². The summed E-state index contributed by atoms with van der Waals surface area (Å²) in [5.74, 6) is 1.63. The number of benzene rings is 3. The van der Waals surface area contributed by atoms with Crippen molar-refractivity contribution in [1.82, 2.24) is 4.98 Å². The summed E-state index contributed by atoms with van der Waals surface area (Å²) in [6.07, 6.45) is 0. The second kappa shape index (κ2) is 6.59. The standard InChI is InChI=1S/C22H18N2O2S/c1-14-2-9-21-18(10-14)24-22(27-21)16-4-6-17(7-5-16)23-12-15-3-8-19-20(11-15)26-13-25-19/h2-11,23H,12-13H2,1H3. The van der Waals surface area contributed by atoms with Gasteiger partial charge in [-0.25, -0.2) is 4.98 Å². The second-order valence-corrected chi connectivity index (χ2v) is 7.64. The van der Waals surface area contributed by atoms with Crippen LogP contribution in [0.15, 0.2) is 60.7 Å². The summed E-state index contributed by atoms with van der Waals surface area (Å²) < 4.78 is 12.0. The maximum absolute atomic E-state index is 5.43. The fourth-order valence-corrected chi connectivity index (χ4v) is 4.10. The zero-order chi connectivity index (χ0) is 18.2. The van der Waals surface area contributed by atoms with Crippen LogP contribution >= 0.6 is 11.3 Å². The van der Waals surface area contributed by atoms with E-state index in [1.54, 1.807) is 11.3 Å². The average Bonchev–Trinajstić information content (AvgIpc) is 3.32. The van der Waals surface area contributed by atoms with Crippen molar-refractivity contribution in [2.24, 2.45) is 0 Å². The molecule has 0 unspecified atom stereocenters. The largest absolute Gasteiger partial charge is 0.454 e. The number of hydrogen-bond donors (Lipinski definition) is 1. The van der Waals surface area contributed by atoms with Crippen LogP contribution < -0.4 is 14.8 Å². The number of hydrogen-bond acceptors (Lipinski definition) is 5. The molecule has 0 saturated heterocycles. The quantitative estimate of drug-likeness (QED) is 0.504. The van der Waals surface area contributed by atoms with Crippen molar-refractivity contribution in [3.05, 3.63) is 71.8 Å². The average molecular weight is 374 g/mol. The maximum atomic E-state index is 5.43. The van der Waals surface area contributed by atoms with Crippen molar-refractivity contribution < 1.29 is 9.47 Å². The molecule has 1 aliphatic rings. The summed E-state index contributed by atoms with van der Waals surface area (Å²) >= 11 is 1.73. The number of anilines is 1. The van der Waals surface area contributed by atoms with E-state index in [2.05, 4.69) is 60.8 Å². The summed E-state index contributed by atoms with van der Waals surface area (Å²) in [7, 11) is 0. The lowest BCUT2D eigenvalue weighted by atomic mass is 10.2. The highest BCUT2D eigenvalue weighted by Crippen LogP contribution is 2.33. The Balaban J connectivity index is 1.31. The lowest BCUT2D eigenvalue weighted by molar-refractivity contribution is 0.174. The summed E-state index contributed by atoms with van der Waals surface area (Å²) in [6, 6.07) is 20.9. The smallest absolute Gasteiger partial charge is 0.231 e. The van der Waals surface area contributed by atoms with E-state index in [1.165, 1.54) is 10.3 Å². The molecule has 134 valence electrons. The van der Waals surface area contributed by atoms with Crippen molar-refractivity contribution in [2.75, 3.05) is 12.1 Å². The molecule has 27 heavy (non-hydrogen) atoms. The van der Waals surface area contributed by atoms with Gasteiger partial charge in [-0.3, -0.25) is 0 Å². The van der Waals surface area contributed by atoms with Crippen LogP contribution in [0.3, 0.4) is 0 Å². The molecule has 0 atom stereocenters. The van der Waals surface area contributed by atoms with E-state index >= 15 is 0 Å². The summed E-state index contributed by atoms with van der Waals surface area (Å²) in [6.45, 7) is 3.13. The number of thiazole rings is 1. The van der Waals surface area contributed by atoms with E-state index in [1.807, 2.05) is 12.1 Å². The van der Waals surface area contributed by atoms with E-state index in [9.17, 15) is 0 Å². The molecule has 0 amide bonds. The van der Waals surface area contributed by atoms with Gasteiger partial charge in [-0.15, -0.1) is 11.3 Å². The van der Waals surface area contributed by atoms with Crippen molar-refractivity contribution in [3.8, 4) is 22.1 Å². The molecule has 0 aliphatic carbocycles. The van der Waals surface area contributed by atoms with Gasteiger partial charge in [0.15, 0.2) is 11.5 Å². The van der Waals surface area contributed by atoms with E-state index < -0.39 is 0 Å². The van der Waals surface area contributed by atoms with E-state index in [4.69, 9.17) is 14.5 Å². The minimum absolute atomic E-state index is 0.305. The first-order valence-corrected chi connectivity index (χ1v) is 9.66. The van der Waals surface area contributed by atoms with Crippen LogP contribution in [-0.2, 0) is 6.54 Å². The van der Waals surface area contributed by atoms with Crippen LogP contribution in [0.4, 0.5) is 5.69 Å². The van der Waals surface area contributed by atoms with Gasteiger partial charge in [0.05, 0.1) is 10.2 Å². The van der Waals surface area contributed by atoms with Crippen molar-refractivity contribution >= 4 is 27.2 Å². The van der Waals surface area contributed by atoms with Crippen LogP contribution in [0.25, 0.3) is 20.8 Å². The molecule has 1 N–H and O–H groups in total. The molecule has 1 aliphatic heterocycles. The van der Waals surface area contributed by atoms with E-state index in [0.29, 0.717) is 6.79 Å². The first-order chi connectivity index (χ1) is 13.2. The Morgan fingerprint density at radius 3 is 2.70 bits per heavy atom. The molecule has 0 saturated carbocycles. The van der Waals surface area contributed by atoms with Gasteiger partial charge in [0.2, 0.25) is 6.79 Å². The van der Waals surface area contributed by atoms with Crippen molar-refractivity contribution in [1.29, 1.82) is 0 Å². The fraction of sp³-hybridized carbons (Fsp3) is 0.136. The SMILES string of the molecule is Cc1ccc2sc(-c3ccc(NCc4ccc5c(c4)OCO5)cc3)nc2c1. The molecule has 4 nitrogen and oxygen atoms in total. The summed E-state index contributed by atoms with van der Waals surface area (Å²) in [4.78, 5) is 4.77. The third-order valence-electron chi connectivity index (χ3n) is 4.61. The lowest BCUT2D eigenvalue weighted by Crippen LogP contribution is -1.99. The maximum Gasteiger partial charge on any atom is 0.231 e. The first kappa shape index (κ1) is 16.1. The number of nitrogens with zero attached hydrogens (tertiary/aromatic N) is 1. The highest BCUT2D eigenvalue weighted by atomic mass is 32.1. The third kappa shape index (κ3) is 3.22. The van der Waals surface area contributed by atoms with Crippen molar-refractivity contribution in [2.45, 2.75) is 13.5 Å². The molecule has 0 spiro atoms. The summed E-state index contributed by atoms with van der Waals surface area (Å²) in [5.41, 5.74) is 5.68. The number of aryl methyl sites for hydroxylation is 1. The Morgan fingerprint density at radius 1 is 0.963 bits per heavy atom. The highest BCUT2D eigenvalue weighted by Gasteiger charge is 2.13. The number of nitrogens with one attached hydrogen (secondary N) is 1. The number of rotatable bonds is 4. The number of ether oxygens (including phenoxy) is 2. The zero-order valence-electron chi connectivity index (χ0n) is 14.9. The fourth-order valence-electron chi connectivity index (χ4n) is 3.15. The van der Waals surface area contributed by atoms with Gasteiger partial charge in [-0.1, -0.05) is 12.1 Å². The molecule has 1 aromatic heterocycles. The van der Waals surface area contributed by atoms with Crippen LogP contribution in [0.5, 0.6) is 11.5 Å². The summed E-state index contributed by atoms with van der Waals surface area (Å²) in [5, 5.41) is 4.51. The van der Waals surface area contributed by atoms with Crippen LogP contribution in [0.1, 0.15) is 11.1 Å². The van der Waals surface area contributed by atoms with Gasteiger partial charge in [0.25, 0.3) is 0 Å². The van der Waals surface area contributed by atoms with Gasteiger partial charge < -0.3 is 14.8 Å². The monoisotopic (exact) mass is 374 g/mol. The van der Waals surface area contributed by atoms with E-state index in [-0.39, 0.29) is 0 Å². The predicted octanol–water partition coefficient (Wildman–Crippen LogP) is 5.61. The normalized spacial score (nSPS) is 12.5. The zero-order valence-corrected chi connectivity index (χ0v) is 15.7. The molecule has 0 radical (unpaired) electrons. The minimum Gasteiger partial charge on any atom is -0.454 e. The Labute approximate surface area is 161 Å². The minimum atomic E-state index is 0.305. The third-order valence-corrected chi connectivity index (χ3v) is 5.69.